The molecular formula is C21H26ClN3O2. The lowest BCUT2D eigenvalue weighted by Crippen LogP contribution is -2.49. The second-order valence-electron chi connectivity index (χ2n) is 7.05. The Balaban J connectivity index is 1.51. The molecule has 0 N–H and O–H groups in total. The summed E-state index contributed by atoms with van der Waals surface area (Å²) in [5.74, 6) is 0.345. The summed E-state index contributed by atoms with van der Waals surface area (Å²) in [4.78, 5) is 21.2. The van der Waals surface area contributed by atoms with Gasteiger partial charge in [-0.15, -0.1) is 0 Å². The summed E-state index contributed by atoms with van der Waals surface area (Å²) >= 11 is 6.21. The van der Waals surface area contributed by atoms with E-state index >= 15 is 0 Å². The number of carbonyl (C=O) groups excluding carboxylic acids is 1. The van der Waals surface area contributed by atoms with Gasteiger partial charge in [-0.25, -0.2) is 4.98 Å². The van der Waals surface area contributed by atoms with Crippen LogP contribution in [0.2, 0.25) is 5.02 Å². The van der Waals surface area contributed by atoms with E-state index in [2.05, 4.69) is 34.1 Å². The van der Waals surface area contributed by atoms with Crippen LogP contribution in [0, 0.1) is 0 Å². The first-order chi connectivity index (χ1) is 13.0. The molecular weight excluding hydrogens is 362 g/mol. The molecule has 27 heavy (non-hydrogen) atoms. The number of hydrogen-bond donors (Lipinski definition) is 0. The molecule has 2 aromatic rings. The van der Waals surface area contributed by atoms with Gasteiger partial charge in [-0.2, -0.15) is 0 Å². The third-order valence-electron chi connectivity index (χ3n) is 4.62. The molecule has 1 aromatic carbocycles. The van der Waals surface area contributed by atoms with Crippen LogP contribution in [-0.4, -0.2) is 59.5 Å². The molecule has 1 saturated heterocycles. The van der Waals surface area contributed by atoms with Crippen LogP contribution < -0.4 is 4.74 Å². The van der Waals surface area contributed by atoms with Crippen LogP contribution in [0.25, 0.3) is 0 Å². The minimum absolute atomic E-state index is 0.0134. The highest BCUT2D eigenvalue weighted by Crippen LogP contribution is 2.24. The lowest BCUT2D eigenvalue weighted by atomic mass is 10.1. The summed E-state index contributed by atoms with van der Waals surface area (Å²) in [6, 6.07) is 12.1. The fourth-order valence-electron chi connectivity index (χ4n) is 3.14. The van der Waals surface area contributed by atoms with Crippen molar-refractivity contribution in [2.45, 2.75) is 26.4 Å². The predicted octanol–water partition coefficient (Wildman–Crippen LogP) is 3.52. The summed E-state index contributed by atoms with van der Waals surface area (Å²) in [7, 11) is 0. The minimum Gasteiger partial charge on any atom is -0.474 e. The van der Waals surface area contributed by atoms with Crippen LogP contribution in [-0.2, 0) is 6.42 Å². The van der Waals surface area contributed by atoms with Crippen molar-refractivity contribution in [2.75, 3.05) is 32.7 Å². The van der Waals surface area contributed by atoms with Crippen molar-refractivity contribution in [3.8, 4) is 5.88 Å². The monoisotopic (exact) mass is 387 g/mol. The number of nitrogens with zero attached hydrogens (tertiary/aromatic N) is 3. The number of rotatable bonds is 6. The van der Waals surface area contributed by atoms with Crippen molar-refractivity contribution < 1.29 is 9.53 Å². The van der Waals surface area contributed by atoms with Crippen LogP contribution in [0.3, 0.4) is 0 Å². The lowest BCUT2D eigenvalue weighted by Gasteiger charge is -2.34. The molecule has 0 aliphatic carbocycles. The maximum atomic E-state index is 12.7. The van der Waals surface area contributed by atoms with Crippen molar-refractivity contribution in [3.05, 3.63) is 58.7 Å². The molecule has 0 spiro atoms. The summed E-state index contributed by atoms with van der Waals surface area (Å²) in [6.45, 7) is 8.04. The zero-order valence-electron chi connectivity index (χ0n) is 15.9. The van der Waals surface area contributed by atoms with E-state index in [-0.39, 0.29) is 12.0 Å². The van der Waals surface area contributed by atoms with E-state index in [1.54, 1.807) is 12.3 Å². The number of halogens is 1. The summed E-state index contributed by atoms with van der Waals surface area (Å²) in [5, 5.41) is 0.371. The van der Waals surface area contributed by atoms with Gasteiger partial charge >= 0.3 is 0 Å². The molecule has 144 valence electrons. The number of carbonyl (C=O) groups is 1. The normalized spacial score (nSPS) is 15.2. The van der Waals surface area contributed by atoms with Crippen LogP contribution >= 0.6 is 11.6 Å². The van der Waals surface area contributed by atoms with Crippen LogP contribution in [0.4, 0.5) is 0 Å². The zero-order valence-corrected chi connectivity index (χ0v) is 16.7. The highest BCUT2D eigenvalue weighted by atomic mass is 35.5. The second-order valence-corrected chi connectivity index (χ2v) is 7.45. The van der Waals surface area contributed by atoms with Crippen molar-refractivity contribution in [2.24, 2.45) is 0 Å². The van der Waals surface area contributed by atoms with E-state index in [1.165, 1.54) is 5.56 Å². The fraction of sp³-hybridized carbons (Fsp3) is 0.429. The van der Waals surface area contributed by atoms with Crippen molar-refractivity contribution in [1.82, 2.24) is 14.8 Å². The van der Waals surface area contributed by atoms with Gasteiger partial charge in [0, 0.05) is 38.9 Å². The largest absolute Gasteiger partial charge is 0.474 e. The van der Waals surface area contributed by atoms with Gasteiger partial charge < -0.3 is 9.64 Å². The average Bonchev–Trinajstić information content (AvgIpc) is 2.68. The van der Waals surface area contributed by atoms with Gasteiger partial charge in [0.1, 0.15) is 5.02 Å². The quantitative estimate of drug-likeness (QED) is 0.760. The van der Waals surface area contributed by atoms with Crippen molar-refractivity contribution in [1.29, 1.82) is 0 Å². The molecule has 0 unspecified atom stereocenters. The van der Waals surface area contributed by atoms with Crippen LogP contribution in [0.1, 0.15) is 29.8 Å². The van der Waals surface area contributed by atoms with Gasteiger partial charge in [0.25, 0.3) is 5.91 Å². The van der Waals surface area contributed by atoms with Gasteiger partial charge in [0.05, 0.1) is 11.7 Å². The molecule has 0 radical (unpaired) electrons. The topological polar surface area (TPSA) is 45.7 Å². The van der Waals surface area contributed by atoms with Gasteiger partial charge in [0.15, 0.2) is 0 Å². The van der Waals surface area contributed by atoms with Gasteiger partial charge in [-0.05, 0) is 31.9 Å². The Kier molecular flexibility index (Phi) is 6.69. The zero-order chi connectivity index (χ0) is 19.2. The molecule has 0 atom stereocenters. The number of pyridine rings is 1. The first-order valence-corrected chi connectivity index (χ1v) is 9.78. The second kappa shape index (κ2) is 9.20. The maximum Gasteiger partial charge on any atom is 0.255 e. The summed E-state index contributed by atoms with van der Waals surface area (Å²) < 4.78 is 5.53. The standard InChI is InChI=1S/C21H26ClN3O2/c1-16(2)27-20-19(22)14-18(15-23-20)21(26)25-12-10-24(11-13-25)9-8-17-6-4-3-5-7-17/h3-7,14-16H,8-13H2,1-2H3. The Labute approximate surface area is 165 Å². The average molecular weight is 388 g/mol. The number of hydrogen-bond acceptors (Lipinski definition) is 4. The van der Waals surface area contributed by atoms with E-state index in [4.69, 9.17) is 16.3 Å². The SMILES string of the molecule is CC(C)Oc1ncc(C(=O)N2CCN(CCc3ccccc3)CC2)cc1Cl. The molecule has 1 amide bonds. The Hall–Kier alpha value is -2.11. The molecule has 0 bridgehead atoms. The molecule has 2 heterocycles. The Morgan fingerprint density at radius 2 is 1.89 bits per heavy atom. The molecule has 1 aliphatic heterocycles. The van der Waals surface area contributed by atoms with E-state index in [0.717, 1.165) is 39.1 Å². The van der Waals surface area contributed by atoms with E-state index < -0.39 is 0 Å². The van der Waals surface area contributed by atoms with Crippen molar-refractivity contribution >= 4 is 17.5 Å². The maximum absolute atomic E-state index is 12.7. The molecule has 1 fully saturated rings. The summed E-state index contributed by atoms with van der Waals surface area (Å²) in [6.07, 6.45) is 2.57. The number of ether oxygens (including phenoxy) is 1. The van der Waals surface area contributed by atoms with Gasteiger partial charge in [0.2, 0.25) is 5.88 Å². The van der Waals surface area contributed by atoms with Crippen molar-refractivity contribution in [3.63, 3.8) is 0 Å². The summed E-state index contributed by atoms with van der Waals surface area (Å²) in [5.41, 5.74) is 1.86. The van der Waals surface area contributed by atoms with Crippen LogP contribution in [0.5, 0.6) is 5.88 Å². The highest BCUT2D eigenvalue weighted by molar-refractivity contribution is 6.32. The number of piperazine rings is 1. The molecule has 0 saturated carbocycles. The Morgan fingerprint density at radius 1 is 1.19 bits per heavy atom. The molecule has 3 rings (SSSR count). The van der Waals surface area contributed by atoms with Gasteiger partial charge in [-0.3, -0.25) is 9.69 Å². The molecule has 1 aliphatic rings. The molecule has 5 nitrogen and oxygen atoms in total. The Bertz CT molecular complexity index is 759. The number of amides is 1. The van der Waals surface area contributed by atoms with E-state index in [9.17, 15) is 4.79 Å². The first-order valence-electron chi connectivity index (χ1n) is 9.40. The number of benzene rings is 1. The lowest BCUT2D eigenvalue weighted by molar-refractivity contribution is 0.0638. The Morgan fingerprint density at radius 3 is 2.52 bits per heavy atom. The van der Waals surface area contributed by atoms with E-state index in [0.29, 0.717) is 16.5 Å². The third kappa shape index (κ3) is 5.44. The van der Waals surface area contributed by atoms with Crippen LogP contribution in [0.15, 0.2) is 42.6 Å². The van der Waals surface area contributed by atoms with E-state index in [1.807, 2.05) is 24.8 Å². The smallest absolute Gasteiger partial charge is 0.255 e. The number of aromatic nitrogens is 1. The first kappa shape index (κ1) is 19.6. The minimum atomic E-state index is -0.0248. The predicted molar refractivity (Wildman–Crippen MR) is 108 cm³/mol. The molecule has 1 aromatic heterocycles. The third-order valence-corrected chi connectivity index (χ3v) is 4.89. The van der Waals surface area contributed by atoms with Gasteiger partial charge in [-0.1, -0.05) is 41.9 Å². The highest BCUT2D eigenvalue weighted by Gasteiger charge is 2.23. The molecule has 6 heteroatoms. The fourth-order valence-corrected chi connectivity index (χ4v) is 3.35.